The van der Waals surface area contributed by atoms with Crippen LogP contribution in [-0.4, -0.2) is 116 Å². The van der Waals surface area contributed by atoms with Crippen molar-refractivity contribution in [3.63, 3.8) is 0 Å². The number of sulfonamides is 2. The molecule has 1 atom stereocenters. The third-order valence-electron chi connectivity index (χ3n) is 13.0. The Balaban J connectivity index is 1.42. The molecule has 438 valence electrons. The van der Waals surface area contributed by atoms with Crippen molar-refractivity contribution in [1.82, 2.24) is 34.4 Å². The number of nitrogens with one attached hydrogen (secondary N) is 3. The molecule has 4 N–H and O–H groups in total. The number of aromatic nitrogens is 2. The number of para-hydroxylation sites is 1. The number of fused-ring (bicyclic) bond motifs is 3. The van der Waals surface area contributed by atoms with Gasteiger partial charge < -0.3 is 34.4 Å². The Morgan fingerprint density at radius 1 is 0.759 bits per heavy atom. The minimum atomic E-state index is -5.15. The van der Waals surface area contributed by atoms with E-state index in [0.29, 0.717) is 39.4 Å². The maximum Gasteiger partial charge on any atom is 0.408 e. The molecule has 0 saturated heterocycles. The Morgan fingerprint density at radius 3 is 2.01 bits per heavy atom. The van der Waals surface area contributed by atoms with Crippen molar-refractivity contribution in [3.8, 4) is 22.6 Å². The van der Waals surface area contributed by atoms with E-state index in [-0.39, 0.29) is 73.3 Å². The normalized spacial score (nSPS) is 14.4. The number of methoxy groups -OCH3 is 2. The second-order valence-corrected chi connectivity index (χ2v) is 24.9. The van der Waals surface area contributed by atoms with Crippen molar-refractivity contribution in [2.45, 2.75) is 94.8 Å². The largest absolute Gasteiger partial charge is 0.497 e. The number of alkyl carbamates (subject to hydrolysis) is 1. The molecule has 0 fully saturated rings. The van der Waals surface area contributed by atoms with Gasteiger partial charge in [0.15, 0.2) is 5.84 Å². The molecule has 1 aromatic heterocycles. The molecule has 6 aromatic carbocycles. The van der Waals surface area contributed by atoms with Gasteiger partial charge in [0.05, 0.1) is 63.4 Å². The number of hydrogen-bond donors (Lipinski definition) is 4. The topological polar surface area (TPSA) is 268 Å². The molecule has 0 radical (unpaired) electrons. The van der Waals surface area contributed by atoms with Crippen LogP contribution in [0, 0.1) is 0 Å². The van der Waals surface area contributed by atoms with Crippen molar-refractivity contribution >= 4 is 54.8 Å². The van der Waals surface area contributed by atoms with E-state index in [1.54, 1.807) is 126 Å². The number of aromatic amines is 1. The number of benzene rings is 6. The summed E-state index contributed by atoms with van der Waals surface area (Å²) >= 11 is 0. The summed E-state index contributed by atoms with van der Waals surface area (Å²) in [5.41, 5.74) is 1.81. The molecule has 0 aliphatic carbocycles. The summed E-state index contributed by atoms with van der Waals surface area (Å²) in [6.07, 6.45) is -2.03. The quantitative estimate of drug-likeness (QED) is 0.0460. The van der Waals surface area contributed by atoms with Gasteiger partial charge in [-0.05, 0) is 123 Å². The highest BCUT2D eigenvalue weighted by Gasteiger charge is 2.40. The molecular weight excluding hydrogens is 1100 g/mol. The number of nitrogens with zero attached hydrogens (tertiary/aromatic N) is 7. The van der Waals surface area contributed by atoms with E-state index in [4.69, 9.17) is 33.8 Å². The van der Waals surface area contributed by atoms with Crippen molar-refractivity contribution < 1.29 is 55.3 Å². The molecule has 2 amide bonds. The zero-order chi connectivity index (χ0) is 59.7. The molecule has 0 unspecified atom stereocenters. The smallest absolute Gasteiger partial charge is 0.408 e. The minimum absolute atomic E-state index is 0.0893. The number of H-pyrrole nitrogens is 1. The first-order chi connectivity index (χ1) is 39.5. The van der Waals surface area contributed by atoms with Gasteiger partial charge in [0.2, 0.25) is 20.0 Å². The van der Waals surface area contributed by atoms with Gasteiger partial charge in [0.1, 0.15) is 38.8 Å². The Bertz CT molecular complexity index is 3670. The molecule has 7 aromatic rings. The summed E-state index contributed by atoms with van der Waals surface area (Å²) in [5.74, 6) is 0.889. The molecule has 24 heteroatoms. The number of aliphatic imine (C=N–C) groups is 1. The number of ether oxygens (including phenoxy) is 4. The minimum Gasteiger partial charge on any atom is -0.497 e. The van der Waals surface area contributed by atoms with Gasteiger partial charge in [-0.25, -0.2) is 41.1 Å². The van der Waals surface area contributed by atoms with Crippen molar-refractivity contribution in [3.05, 3.63) is 167 Å². The highest BCUT2D eigenvalue weighted by atomic mass is 32.2. The number of hydrogen-bond acceptors (Lipinski definition) is 16. The lowest BCUT2D eigenvalue weighted by Gasteiger charge is -2.38. The molecular formula is C59H68N10O12S2. The van der Waals surface area contributed by atoms with Crippen LogP contribution in [0.25, 0.3) is 22.2 Å². The number of amidine groups is 1. The van der Waals surface area contributed by atoms with E-state index in [0.717, 1.165) is 15.0 Å². The van der Waals surface area contributed by atoms with Crippen LogP contribution in [0.3, 0.4) is 0 Å². The van der Waals surface area contributed by atoms with E-state index in [1.165, 1.54) is 38.4 Å². The fourth-order valence-corrected chi connectivity index (χ4v) is 12.7. The van der Waals surface area contributed by atoms with Crippen LogP contribution >= 0.6 is 0 Å². The van der Waals surface area contributed by atoms with Crippen LogP contribution in [0.2, 0.25) is 0 Å². The summed E-state index contributed by atoms with van der Waals surface area (Å²) in [6, 6.07) is 36.7. The number of imidazole rings is 1. The number of carboxylic acid groups (broad SMARTS) is 1. The number of amides is 2. The first-order valence-corrected chi connectivity index (χ1v) is 29.3. The number of rotatable bonds is 22. The van der Waals surface area contributed by atoms with Crippen molar-refractivity contribution in [2.24, 2.45) is 15.3 Å². The number of carbonyl (C=O) groups excluding carboxylic acids is 1. The molecule has 2 heterocycles. The first kappa shape index (κ1) is 60.8. The van der Waals surface area contributed by atoms with Crippen molar-refractivity contribution in [2.75, 3.05) is 41.0 Å². The average Bonchev–Trinajstić information content (AvgIpc) is 4.00. The zero-order valence-electron chi connectivity index (χ0n) is 47.6. The average molecular weight is 1170 g/mol. The lowest BCUT2D eigenvalue weighted by molar-refractivity contribution is -0.144. The van der Waals surface area contributed by atoms with Gasteiger partial charge >= 0.3 is 12.2 Å². The van der Waals surface area contributed by atoms with Crippen LogP contribution in [0.4, 0.5) is 15.3 Å². The van der Waals surface area contributed by atoms with E-state index >= 15 is 16.8 Å². The Hall–Kier alpha value is -8.26. The van der Waals surface area contributed by atoms with Gasteiger partial charge in [-0.3, -0.25) is 9.74 Å². The number of hydroxylamine groups is 1. The summed E-state index contributed by atoms with van der Waals surface area (Å²) in [6.45, 7) is 9.23. The first-order valence-electron chi connectivity index (χ1n) is 26.4. The predicted octanol–water partition coefficient (Wildman–Crippen LogP) is 10.3. The van der Waals surface area contributed by atoms with Gasteiger partial charge in [0, 0.05) is 37.3 Å². The number of carbonyl (C=O) groups is 2. The summed E-state index contributed by atoms with van der Waals surface area (Å²) in [7, 11) is -5.66. The van der Waals surface area contributed by atoms with Gasteiger partial charge in [-0.2, -0.15) is 4.31 Å². The molecule has 22 nitrogen and oxygen atoms in total. The maximum absolute atomic E-state index is 16.6. The second-order valence-electron chi connectivity index (χ2n) is 21.3. The Kier molecular flexibility index (Phi) is 19.0. The standard InChI is InChI=1S/C59H68N10O12S2/c1-58(2,3)69(57(71)72)49(38-80-37-41-15-11-10-12-16-41)54-63-48-20-14-19-47(52(48)64-54)46-29-30-50(82(73,74)61-32-31-60-56(70)81-59(4,5)6)53(51(46)55-62-43-18-13-17-42(33-43)36-68(79-9)66-65-55)83(75,76)67(34-39-21-25-44(77-7)26-22-39)35-40-23-27-45(78-8)28-24-40/h10-30,33,49,61H,31-32,34-38H2,1-9H3,(H,60,70)(H,63,64)(H,71,72)/b62-55+,66-65+/t49-/m0/s1. The van der Waals surface area contributed by atoms with Crippen LogP contribution in [0.5, 0.6) is 11.5 Å². The van der Waals surface area contributed by atoms with E-state index in [9.17, 15) is 14.7 Å². The summed E-state index contributed by atoms with van der Waals surface area (Å²) in [5, 5.41) is 23.6. The zero-order valence-corrected chi connectivity index (χ0v) is 49.2. The Morgan fingerprint density at radius 2 is 1.41 bits per heavy atom. The van der Waals surface area contributed by atoms with Crippen LogP contribution in [0.15, 0.2) is 159 Å². The van der Waals surface area contributed by atoms with Crippen LogP contribution < -0.4 is 19.5 Å². The maximum atomic E-state index is 16.6. The predicted molar refractivity (Wildman–Crippen MR) is 312 cm³/mol. The SMILES string of the molecule is COc1ccc(CN(Cc2ccc(OC)cc2)S(=O)(=O)c2c(S(=O)(=O)NCCNC(=O)OC(C)(C)C)ccc(-c3cccc4[nH]c([C@H](COCc5ccccc5)N(C(=O)O)C(C)(C)C)nc34)c2C2=N\c3cccc(c3)CN(OC)\N=N\2)cc1. The highest BCUT2D eigenvalue weighted by Crippen LogP contribution is 2.41. The highest BCUT2D eigenvalue weighted by molar-refractivity contribution is 7.92. The summed E-state index contributed by atoms with van der Waals surface area (Å²) < 4.78 is 89.9. The lowest BCUT2D eigenvalue weighted by atomic mass is 9.97. The Labute approximate surface area is 483 Å². The lowest BCUT2D eigenvalue weighted by Crippen LogP contribution is -2.48. The molecule has 0 spiro atoms. The molecule has 1 aliphatic heterocycles. The molecule has 83 heavy (non-hydrogen) atoms. The van der Waals surface area contributed by atoms with Crippen LogP contribution in [0.1, 0.15) is 81.2 Å². The molecule has 8 rings (SSSR count). The fraction of sp³-hybridized carbons (Fsp3) is 0.322. The van der Waals surface area contributed by atoms with E-state index in [2.05, 4.69) is 25.4 Å². The van der Waals surface area contributed by atoms with Gasteiger partial charge in [-0.15, -0.1) is 10.3 Å². The van der Waals surface area contributed by atoms with Crippen molar-refractivity contribution in [1.29, 1.82) is 0 Å². The van der Waals surface area contributed by atoms with Gasteiger partial charge in [-0.1, -0.05) is 84.9 Å². The monoisotopic (exact) mass is 1170 g/mol. The third-order valence-corrected chi connectivity index (χ3v) is 16.5. The molecule has 2 bridgehead atoms. The second kappa shape index (κ2) is 25.9. The third kappa shape index (κ3) is 15.1. The molecule has 1 aliphatic rings. The fourth-order valence-electron chi connectivity index (χ4n) is 9.25. The molecule has 0 saturated carbocycles. The van der Waals surface area contributed by atoms with Crippen LogP contribution in [-0.2, 0) is 60.6 Å². The van der Waals surface area contributed by atoms with Gasteiger partial charge in [0.25, 0.3) is 0 Å². The summed E-state index contributed by atoms with van der Waals surface area (Å²) in [4.78, 5) is 44.8. The van der Waals surface area contributed by atoms with E-state index < -0.39 is 65.8 Å². The van der Waals surface area contributed by atoms with E-state index in [1.807, 2.05) is 36.4 Å².